The highest BCUT2D eigenvalue weighted by molar-refractivity contribution is 5.03. The largest absolute Gasteiger partial charge is 0.480 e. The third-order valence-corrected chi connectivity index (χ3v) is 0.833. The van der Waals surface area contributed by atoms with Gasteiger partial charge in [-0.05, 0) is 0 Å². The Kier molecular flexibility index (Phi) is 1.20. The van der Waals surface area contributed by atoms with Crippen LogP contribution in [0, 0.1) is 6.20 Å². The van der Waals surface area contributed by atoms with E-state index in [-0.39, 0.29) is 0 Å². The molecule has 0 N–H and O–H groups in total. The first-order valence-electron chi connectivity index (χ1n) is 2.28. The summed E-state index contributed by atoms with van der Waals surface area (Å²) in [6.45, 7) is 0. The van der Waals surface area contributed by atoms with Gasteiger partial charge in [-0.2, -0.15) is 0 Å². The van der Waals surface area contributed by atoms with Crippen LogP contribution in [0.5, 0.6) is 5.88 Å². The van der Waals surface area contributed by atoms with Crippen LogP contribution in [0.25, 0.3) is 0 Å². The first kappa shape index (κ1) is 5.15. The van der Waals surface area contributed by atoms with Gasteiger partial charge in [0.15, 0.2) is 0 Å². The predicted molar refractivity (Wildman–Crippen MR) is 28.6 cm³/mol. The van der Waals surface area contributed by atoms with Crippen molar-refractivity contribution >= 4 is 0 Å². The van der Waals surface area contributed by atoms with Crippen molar-refractivity contribution in [1.82, 2.24) is 9.78 Å². The number of rotatable bonds is 1. The smallest absolute Gasteiger partial charge is 0.233 e. The Morgan fingerprint density at radius 3 is 2.88 bits per heavy atom. The molecule has 0 fully saturated rings. The molecule has 0 saturated carbocycles. The van der Waals surface area contributed by atoms with E-state index in [1.807, 2.05) is 0 Å². The minimum atomic E-state index is 0.604. The van der Waals surface area contributed by atoms with Crippen molar-refractivity contribution in [3.8, 4) is 5.88 Å². The summed E-state index contributed by atoms with van der Waals surface area (Å²) < 4.78 is 6.34. The van der Waals surface area contributed by atoms with Crippen LogP contribution in [0.3, 0.4) is 0 Å². The maximum absolute atomic E-state index is 4.77. The van der Waals surface area contributed by atoms with Crippen LogP contribution in [-0.2, 0) is 7.05 Å². The molecule has 1 rings (SSSR count). The molecule has 0 aliphatic rings. The van der Waals surface area contributed by atoms with Crippen molar-refractivity contribution in [2.75, 3.05) is 7.11 Å². The molecule has 0 atom stereocenters. The van der Waals surface area contributed by atoms with E-state index in [0.717, 1.165) is 0 Å². The fourth-order valence-electron chi connectivity index (χ4n) is 0.454. The van der Waals surface area contributed by atoms with Crippen LogP contribution in [0.4, 0.5) is 0 Å². The van der Waals surface area contributed by atoms with Crippen LogP contribution in [-0.4, -0.2) is 16.9 Å². The molecule has 0 aliphatic heterocycles. The summed E-state index contributed by atoms with van der Waals surface area (Å²) in [7, 11) is 3.37. The number of aromatic nitrogens is 2. The van der Waals surface area contributed by atoms with E-state index in [0.29, 0.717) is 5.88 Å². The fourth-order valence-corrected chi connectivity index (χ4v) is 0.454. The molecule has 0 spiro atoms. The summed E-state index contributed by atoms with van der Waals surface area (Å²) in [6, 6.07) is 1.68. The number of nitrogens with zero attached hydrogens (tertiary/aromatic N) is 2. The van der Waals surface area contributed by atoms with Crippen LogP contribution < -0.4 is 4.74 Å². The molecule has 1 aromatic heterocycles. The Bertz CT molecular complexity index is 171. The van der Waals surface area contributed by atoms with E-state index in [9.17, 15) is 0 Å². The molecule has 0 bridgehead atoms. The zero-order valence-corrected chi connectivity index (χ0v) is 4.88. The number of hydrogen-bond acceptors (Lipinski definition) is 2. The maximum Gasteiger partial charge on any atom is 0.233 e. The third kappa shape index (κ3) is 0.804. The van der Waals surface area contributed by atoms with Gasteiger partial charge in [0.05, 0.1) is 13.3 Å². The van der Waals surface area contributed by atoms with Gasteiger partial charge in [0, 0.05) is 13.1 Å². The standard InChI is InChI=1S/C5H7N2O/c1-7-4-3-5(6-7)8-2/h3H,1-2H3. The van der Waals surface area contributed by atoms with E-state index in [1.165, 1.54) is 0 Å². The van der Waals surface area contributed by atoms with Crippen molar-refractivity contribution in [2.24, 2.45) is 7.05 Å². The second-order valence-electron chi connectivity index (χ2n) is 1.44. The van der Waals surface area contributed by atoms with E-state index >= 15 is 0 Å². The Morgan fingerprint density at radius 1 is 1.88 bits per heavy atom. The molecule has 3 heteroatoms. The van der Waals surface area contributed by atoms with Gasteiger partial charge in [-0.1, -0.05) is 0 Å². The lowest BCUT2D eigenvalue weighted by molar-refractivity contribution is 0.392. The van der Waals surface area contributed by atoms with Gasteiger partial charge < -0.3 is 4.74 Å². The van der Waals surface area contributed by atoms with Crippen molar-refractivity contribution in [3.05, 3.63) is 12.3 Å². The molecular formula is C5H7N2O. The SMILES string of the molecule is COc1c[c]n(C)n1. The van der Waals surface area contributed by atoms with Gasteiger partial charge in [0.25, 0.3) is 0 Å². The molecule has 0 amide bonds. The van der Waals surface area contributed by atoms with Crippen molar-refractivity contribution in [2.45, 2.75) is 0 Å². The highest BCUT2D eigenvalue weighted by atomic mass is 16.5. The summed E-state index contributed by atoms with van der Waals surface area (Å²) >= 11 is 0. The molecule has 0 aliphatic carbocycles. The van der Waals surface area contributed by atoms with Crippen molar-refractivity contribution < 1.29 is 4.74 Å². The van der Waals surface area contributed by atoms with Crippen LogP contribution in [0.15, 0.2) is 6.07 Å². The summed E-state index contributed by atoms with van der Waals surface area (Å²) in [5.74, 6) is 0.604. The minimum absolute atomic E-state index is 0.604. The van der Waals surface area contributed by atoms with Gasteiger partial charge in [-0.15, -0.1) is 5.10 Å². The van der Waals surface area contributed by atoms with Crippen molar-refractivity contribution in [1.29, 1.82) is 0 Å². The predicted octanol–water partition coefficient (Wildman–Crippen LogP) is 0.229. The van der Waals surface area contributed by atoms with Crippen LogP contribution >= 0.6 is 0 Å². The van der Waals surface area contributed by atoms with Gasteiger partial charge in [-0.25, -0.2) is 0 Å². The lowest BCUT2D eigenvalue weighted by Crippen LogP contribution is -1.88. The molecule has 0 unspecified atom stereocenters. The zero-order valence-electron chi connectivity index (χ0n) is 4.88. The van der Waals surface area contributed by atoms with Crippen molar-refractivity contribution in [3.63, 3.8) is 0 Å². The number of hydrogen-bond donors (Lipinski definition) is 0. The Morgan fingerprint density at radius 2 is 2.62 bits per heavy atom. The number of aryl methyl sites for hydroxylation is 1. The quantitative estimate of drug-likeness (QED) is 0.518. The molecule has 1 heterocycles. The monoisotopic (exact) mass is 111 g/mol. The highest BCUT2D eigenvalue weighted by Gasteiger charge is 1.90. The molecule has 1 aromatic rings. The van der Waals surface area contributed by atoms with Crippen LogP contribution in [0.2, 0.25) is 0 Å². The van der Waals surface area contributed by atoms with Gasteiger partial charge in [0.1, 0.15) is 0 Å². The first-order valence-corrected chi connectivity index (χ1v) is 2.28. The second-order valence-corrected chi connectivity index (χ2v) is 1.44. The van der Waals surface area contributed by atoms with Gasteiger partial charge >= 0.3 is 0 Å². The van der Waals surface area contributed by atoms with Crippen LogP contribution in [0.1, 0.15) is 0 Å². The highest BCUT2D eigenvalue weighted by Crippen LogP contribution is 2.00. The maximum atomic E-state index is 4.77. The summed E-state index contributed by atoms with van der Waals surface area (Å²) in [6.07, 6.45) is 2.80. The number of methoxy groups -OCH3 is 1. The van der Waals surface area contributed by atoms with Gasteiger partial charge in [0.2, 0.25) is 5.88 Å². The Hall–Kier alpha value is -0.990. The lowest BCUT2D eigenvalue weighted by Gasteiger charge is -1.87. The summed E-state index contributed by atoms with van der Waals surface area (Å²) in [4.78, 5) is 0. The first-order chi connectivity index (χ1) is 3.83. The van der Waals surface area contributed by atoms with Gasteiger partial charge in [-0.3, -0.25) is 4.68 Å². The Balaban J connectivity index is 2.84. The number of ether oxygens (including phenoxy) is 1. The molecule has 1 radical (unpaired) electrons. The molecular weight excluding hydrogens is 104 g/mol. The zero-order chi connectivity index (χ0) is 5.98. The van der Waals surface area contributed by atoms with E-state index in [4.69, 9.17) is 4.74 Å². The average Bonchev–Trinajstić information content (AvgIpc) is 2.14. The average molecular weight is 111 g/mol. The topological polar surface area (TPSA) is 27.1 Å². The Labute approximate surface area is 47.9 Å². The van der Waals surface area contributed by atoms with E-state index in [2.05, 4.69) is 11.3 Å². The molecule has 0 saturated heterocycles. The minimum Gasteiger partial charge on any atom is -0.480 e. The van der Waals surface area contributed by atoms with E-state index < -0.39 is 0 Å². The summed E-state index contributed by atoms with van der Waals surface area (Å²) in [5, 5.41) is 3.87. The van der Waals surface area contributed by atoms with E-state index in [1.54, 1.807) is 24.9 Å². The molecule has 43 valence electrons. The fraction of sp³-hybridized carbons (Fsp3) is 0.400. The summed E-state index contributed by atoms with van der Waals surface area (Å²) in [5.41, 5.74) is 0. The molecule has 0 aromatic carbocycles. The molecule has 3 nitrogen and oxygen atoms in total. The lowest BCUT2D eigenvalue weighted by atomic mass is 10.7. The second kappa shape index (κ2) is 1.86. The molecule has 8 heavy (non-hydrogen) atoms. The third-order valence-electron chi connectivity index (χ3n) is 0.833. The normalized spacial score (nSPS) is 9.25.